The molecule has 1 saturated heterocycles. The number of hydrogen-bond acceptors (Lipinski definition) is 4. The van der Waals surface area contributed by atoms with Gasteiger partial charge in [0.05, 0.1) is 5.75 Å². The molecule has 0 atom stereocenters. The van der Waals surface area contributed by atoms with E-state index in [0.717, 1.165) is 39.1 Å². The van der Waals surface area contributed by atoms with Crippen molar-refractivity contribution in [3.05, 3.63) is 0 Å². The van der Waals surface area contributed by atoms with Crippen LogP contribution < -0.4 is 5.32 Å². The fourth-order valence-electron chi connectivity index (χ4n) is 1.55. The summed E-state index contributed by atoms with van der Waals surface area (Å²) in [7, 11) is -3.76. The third kappa shape index (κ3) is 5.54. The molecule has 0 amide bonds. The van der Waals surface area contributed by atoms with Crippen molar-refractivity contribution < 1.29 is 13.0 Å². The van der Waals surface area contributed by atoms with E-state index in [1.54, 1.807) is 0 Å². The molecule has 2 N–H and O–H groups in total. The second-order valence-electron chi connectivity index (χ2n) is 3.58. The highest BCUT2D eigenvalue weighted by atomic mass is 32.2. The van der Waals surface area contributed by atoms with E-state index in [4.69, 9.17) is 4.55 Å². The van der Waals surface area contributed by atoms with Crippen LogP contribution in [0, 0.1) is 0 Å². The molecule has 0 bridgehead atoms. The first-order valence-corrected chi connectivity index (χ1v) is 6.57. The Morgan fingerprint density at radius 3 is 2.43 bits per heavy atom. The number of hydrogen-bond donors (Lipinski definition) is 2. The Bertz CT molecular complexity index is 247. The molecular weight excluding hydrogens is 204 g/mol. The van der Waals surface area contributed by atoms with E-state index in [-0.39, 0.29) is 5.75 Å². The van der Waals surface area contributed by atoms with Crippen molar-refractivity contribution >= 4 is 10.1 Å². The topological polar surface area (TPSA) is 69.6 Å². The predicted molar refractivity (Wildman–Crippen MR) is 55.0 cm³/mol. The van der Waals surface area contributed by atoms with Crippen molar-refractivity contribution in [2.45, 2.75) is 12.8 Å². The van der Waals surface area contributed by atoms with Gasteiger partial charge < -0.3 is 10.2 Å². The van der Waals surface area contributed by atoms with Crippen molar-refractivity contribution in [3.63, 3.8) is 0 Å². The lowest BCUT2D eigenvalue weighted by molar-refractivity contribution is 0.238. The van der Waals surface area contributed by atoms with Crippen molar-refractivity contribution in [1.82, 2.24) is 10.2 Å². The maximum atomic E-state index is 10.4. The van der Waals surface area contributed by atoms with E-state index in [9.17, 15) is 8.42 Å². The van der Waals surface area contributed by atoms with Gasteiger partial charge in [-0.25, -0.2) is 0 Å². The molecular formula is C8H18N2O3S. The molecule has 5 nitrogen and oxygen atoms in total. The normalized spacial score (nSPS) is 19.8. The minimum Gasteiger partial charge on any atom is -0.314 e. The highest BCUT2D eigenvalue weighted by molar-refractivity contribution is 7.85. The van der Waals surface area contributed by atoms with Gasteiger partial charge in [-0.05, 0) is 19.4 Å². The van der Waals surface area contributed by atoms with Gasteiger partial charge in [0.1, 0.15) is 0 Å². The molecule has 6 heteroatoms. The summed E-state index contributed by atoms with van der Waals surface area (Å²) in [4.78, 5) is 2.31. The van der Waals surface area contributed by atoms with Gasteiger partial charge >= 0.3 is 0 Å². The van der Waals surface area contributed by atoms with Crippen molar-refractivity contribution in [3.8, 4) is 0 Å². The molecule has 1 aliphatic heterocycles. The molecule has 1 fully saturated rings. The standard InChI is InChI=1S/C8H18N2O3S/c11-14(12,13)8-2-1-5-10-6-3-9-4-7-10/h9H,1-8H2,(H,11,12,13). The summed E-state index contributed by atoms with van der Waals surface area (Å²) in [5, 5.41) is 3.25. The van der Waals surface area contributed by atoms with Crippen LogP contribution in [0.15, 0.2) is 0 Å². The Morgan fingerprint density at radius 2 is 1.86 bits per heavy atom. The molecule has 0 unspecified atom stereocenters. The summed E-state index contributed by atoms with van der Waals surface area (Å²) < 4.78 is 29.3. The Hall–Kier alpha value is -0.170. The van der Waals surface area contributed by atoms with Gasteiger partial charge in [0.15, 0.2) is 0 Å². The highest BCUT2D eigenvalue weighted by Gasteiger charge is 2.09. The summed E-state index contributed by atoms with van der Waals surface area (Å²) >= 11 is 0. The van der Waals surface area contributed by atoms with Crippen molar-refractivity contribution in [1.29, 1.82) is 0 Å². The van der Waals surface area contributed by atoms with Gasteiger partial charge in [-0.3, -0.25) is 4.55 Å². The van der Waals surface area contributed by atoms with E-state index >= 15 is 0 Å². The Labute approximate surface area is 85.2 Å². The zero-order valence-corrected chi connectivity index (χ0v) is 9.09. The van der Waals surface area contributed by atoms with E-state index in [2.05, 4.69) is 10.2 Å². The Morgan fingerprint density at radius 1 is 1.21 bits per heavy atom. The van der Waals surface area contributed by atoms with Gasteiger partial charge in [0.25, 0.3) is 10.1 Å². The SMILES string of the molecule is O=S(=O)(O)CCCCN1CCNCC1. The molecule has 0 spiro atoms. The molecule has 0 radical (unpaired) electrons. The monoisotopic (exact) mass is 222 g/mol. The minimum atomic E-state index is -3.76. The first-order chi connectivity index (χ1) is 6.58. The lowest BCUT2D eigenvalue weighted by Gasteiger charge is -2.26. The summed E-state index contributed by atoms with van der Waals surface area (Å²) in [6.45, 7) is 5.02. The minimum absolute atomic E-state index is 0.112. The van der Waals surface area contributed by atoms with Crippen molar-refractivity contribution in [2.75, 3.05) is 38.5 Å². The van der Waals surface area contributed by atoms with Gasteiger partial charge in [-0.2, -0.15) is 8.42 Å². The molecule has 1 aliphatic rings. The first-order valence-electron chi connectivity index (χ1n) is 4.96. The fourth-order valence-corrected chi connectivity index (χ4v) is 2.12. The van der Waals surface area contributed by atoms with Crippen LogP contribution in [0.4, 0.5) is 0 Å². The largest absolute Gasteiger partial charge is 0.314 e. The van der Waals surface area contributed by atoms with Crippen LogP contribution in [0.25, 0.3) is 0 Å². The van der Waals surface area contributed by atoms with Crippen LogP contribution in [0.2, 0.25) is 0 Å². The maximum Gasteiger partial charge on any atom is 0.264 e. The van der Waals surface area contributed by atoms with Gasteiger partial charge in [-0.15, -0.1) is 0 Å². The number of nitrogens with one attached hydrogen (secondary N) is 1. The van der Waals surface area contributed by atoms with Gasteiger partial charge in [-0.1, -0.05) is 0 Å². The lowest BCUT2D eigenvalue weighted by Crippen LogP contribution is -2.43. The van der Waals surface area contributed by atoms with Crippen LogP contribution >= 0.6 is 0 Å². The third-order valence-corrected chi connectivity index (χ3v) is 3.14. The fraction of sp³-hybridized carbons (Fsp3) is 1.00. The molecule has 84 valence electrons. The average Bonchev–Trinajstić information content (AvgIpc) is 2.13. The first kappa shape index (κ1) is 11.9. The molecule has 0 aromatic carbocycles. The summed E-state index contributed by atoms with van der Waals surface area (Å²) in [6, 6.07) is 0. The number of nitrogens with zero attached hydrogens (tertiary/aromatic N) is 1. The van der Waals surface area contributed by atoms with Crippen LogP contribution in [-0.2, 0) is 10.1 Å². The second-order valence-corrected chi connectivity index (χ2v) is 5.16. The molecule has 0 aromatic heterocycles. The zero-order valence-electron chi connectivity index (χ0n) is 8.28. The summed E-state index contributed by atoms with van der Waals surface area (Å²) in [5.74, 6) is -0.112. The molecule has 14 heavy (non-hydrogen) atoms. The summed E-state index contributed by atoms with van der Waals surface area (Å²) in [5.41, 5.74) is 0. The number of piperazine rings is 1. The van der Waals surface area contributed by atoms with E-state index in [1.807, 2.05) is 0 Å². The highest BCUT2D eigenvalue weighted by Crippen LogP contribution is 1.99. The number of unbranched alkanes of at least 4 members (excludes halogenated alkanes) is 1. The Balaban J connectivity index is 2.03. The smallest absolute Gasteiger partial charge is 0.264 e. The third-order valence-electron chi connectivity index (χ3n) is 2.34. The average molecular weight is 222 g/mol. The lowest BCUT2D eigenvalue weighted by atomic mass is 10.3. The molecule has 0 aliphatic carbocycles. The van der Waals surface area contributed by atoms with Crippen molar-refractivity contribution in [2.24, 2.45) is 0 Å². The quantitative estimate of drug-likeness (QED) is 0.487. The van der Waals surface area contributed by atoms with E-state index in [1.165, 1.54) is 0 Å². The molecule has 1 heterocycles. The van der Waals surface area contributed by atoms with Crippen LogP contribution in [0.1, 0.15) is 12.8 Å². The van der Waals surface area contributed by atoms with Gasteiger partial charge in [0.2, 0.25) is 0 Å². The molecule has 0 aromatic rings. The van der Waals surface area contributed by atoms with Gasteiger partial charge in [0, 0.05) is 26.2 Å². The van der Waals surface area contributed by atoms with E-state index < -0.39 is 10.1 Å². The van der Waals surface area contributed by atoms with E-state index in [0.29, 0.717) is 6.42 Å². The maximum absolute atomic E-state index is 10.4. The van der Waals surface area contributed by atoms with Crippen LogP contribution in [0.5, 0.6) is 0 Å². The molecule has 0 saturated carbocycles. The summed E-state index contributed by atoms with van der Waals surface area (Å²) in [6.07, 6.45) is 1.38. The second kappa shape index (κ2) is 5.65. The van der Waals surface area contributed by atoms with Crippen LogP contribution in [0.3, 0.4) is 0 Å². The number of rotatable bonds is 5. The van der Waals surface area contributed by atoms with Crippen LogP contribution in [-0.4, -0.2) is 56.3 Å². The Kier molecular flexibility index (Phi) is 4.80. The zero-order chi connectivity index (χ0) is 10.4. The molecule has 1 rings (SSSR count). The predicted octanol–water partition coefficient (Wildman–Crippen LogP) is -0.440.